The molecule has 0 radical (unpaired) electrons. The van der Waals surface area contributed by atoms with Crippen molar-refractivity contribution >= 4 is 34.8 Å². The van der Waals surface area contributed by atoms with Gasteiger partial charge in [-0.1, -0.05) is 11.6 Å². The van der Waals surface area contributed by atoms with Crippen LogP contribution in [0.1, 0.15) is 21.7 Å². The summed E-state index contributed by atoms with van der Waals surface area (Å²) in [5, 5.41) is 5.72. The first-order chi connectivity index (χ1) is 15.8. The molecule has 33 heavy (non-hydrogen) atoms. The number of aromatic nitrogens is 4. The van der Waals surface area contributed by atoms with Crippen molar-refractivity contribution in [2.75, 3.05) is 10.6 Å². The van der Waals surface area contributed by atoms with Gasteiger partial charge >= 0.3 is 0 Å². The van der Waals surface area contributed by atoms with Gasteiger partial charge in [-0.05, 0) is 55.3 Å². The number of pyridine rings is 2. The highest BCUT2D eigenvalue weighted by atomic mass is 35.5. The second-order valence-corrected chi connectivity index (χ2v) is 7.41. The predicted octanol–water partition coefficient (Wildman–Crippen LogP) is 5.48. The molecule has 0 aliphatic heterocycles. The van der Waals surface area contributed by atoms with Crippen LogP contribution in [0.3, 0.4) is 0 Å². The minimum absolute atomic E-state index is 0.0190. The molecule has 166 valence electrons. The molecule has 0 aliphatic carbocycles. The van der Waals surface area contributed by atoms with E-state index in [1.54, 1.807) is 50.6 Å². The predicted molar refractivity (Wildman–Crippen MR) is 122 cm³/mol. The average Bonchev–Trinajstić information content (AvgIpc) is 2.77. The van der Waals surface area contributed by atoms with Gasteiger partial charge in [-0.3, -0.25) is 9.78 Å². The van der Waals surface area contributed by atoms with Crippen molar-refractivity contribution in [1.82, 2.24) is 19.9 Å². The highest BCUT2D eigenvalue weighted by Gasteiger charge is 2.21. The molecule has 4 rings (SSSR count). The highest BCUT2D eigenvalue weighted by Crippen LogP contribution is 2.39. The lowest BCUT2D eigenvalue weighted by molar-refractivity contribution is 0.102. The van der Waals surface area contributed by atoms with Crippen LogP contribution in [0, 0.1) is 25.5 Å². The van der Waals surface area contributed by atoms with Gasteiger partial charge in [-0.15, -0.1) is 0 Å². The number of hydrogen-bond donors (Lipinski definition) is 2. The van der Waals surface area contributed by atoms with Gasteiger partial charge in [-0.2, -0.15) is 0 Å². The largest absolute Gasteiger partial charge is 0.324 e. The first kappa shape index (κ1) is 22.2. The van der Waals surface area contributed by atoms with Crippen molar-refractivity contribution in [2.45, 2.75) is 13.8 Å². The maximum Gasteiger partial charge on any atom is 0.258 e. The topological polar surface area (TPSA) is 92.7 Å². The lowest BCUT2D eigenvalue weighted by Gasteiger charge is -2.19. The Labute approximate surface area is 192 Å². The number of carbonyl (C=O) groups is 1. The van der Waals surface area contributed by atoms with Gasteiger partial charge in [0.1, 0.15) is 29.1 Å². The van der Waals surface area contributed by atoms with Gasteiger partial charge < -0.3 is 10.6 Å². The summed E-state index contributed by atoms with van der Waals surface area (Å²) in [5.74, 6) is -1.08. The zero-order chi connectivity index (χ0) is 23.5. The van der Waals surface area contributed by atoms with Crippen molar-refractivity contribution in [1.29, 1.82) is 0 Å². The van der Waals surface area contributed by atoms with Crippen LogP contribution in [-0.4, -0.2) is 25.8 Å². The summed E-state index contributed by atoms with van der Waals surface area (Å²) in [5.41, 5.74) is 1.83. The SMILES string of the molecule is Cc1nccc(Nc2nc(Cl)c(NC(=O)c3ccc(F)cc3F)c(C)c2-c2ccncc2)n1. The molecule has 0 spiro atoms. The molecule has 1 aromatic carbocycles. The Bertz CT molecular complexity index is 1350. The molecule has 10 heteroatoms. The molecule has 0 saturated carbocycles. The van der Waals surface area contributed by atoms with Crippen LogP contribution >= 0.6 is 11.6 Å². The summed E-state index contributed by atoms with van der Waals surface area (Å²) < 4.78 is 27.3. The molecule has 1 amide bonds. The maximum atomic E-state index is 14.1. The van der Waals surface area contributed by atoms with E-state index in [1.165, 1.54) is 0 Å². The van der Waals surface area contributed by atoms with E-state index in [2.05, 4.69) is 30.6 Å². The quantitative estimate of drug-likeness (QED) is 0.378. The molecule has 3 heterocycles. The molecule has 0 aliphatic rings. The summed E-state index contributed by atoms with van der Waals surface area (Å²) in [7, 11) is 0. The summed E-state index contributed by atoms with van der Waals surface area (Å²) >= 11 is 6.42. The average molecular weight is 467 g/mol. The number of halogens is 3. The van der Waals surface area contributed by atoms with E-state index >= 15 is 0 Å². The van der Waals surface area contributed by atoms with Crippen LogP contribution in [0.5, 0.6) is 0 Å². The first-order valence-corrected chi connectivity index (χ1v) is 10.1. The van der Waals surface area contributed by atoms with Gasteiger partial charge in [0.25, 0.3) is 5.91 Å². The van der Waals surface area contributed by atoms with E-state index in [-0.39, 0.29) is 16.4 Å². The van der Waals surface area contributed by atoms with Crippen LogP contribution in [0.15, 0.2) is 55.0 Å². The van der Waals surface area contributed by atoms with Crippen LogP contribution in [0.2, 0.25) is 5.15 Å². The van der Waals surface area contributed by atoms with Crippen LogP contribution in [-0.2, 0) is 0 Å². The summed E-state index contributed by atoms with van der Waals surface area (Å²) in [4.78, 5) is 29.6. The second-order valence-electron chi connectivity index (χ2n) is 7.05. The highest BCUT2D eigenvalue weighted by molar-refractivity contribution is 6.33. The Hall–Kier alpha value is -3.98. The van der Waals surface area contributed by atoms with Gasteiger partial charge in [0, 0.05) is 30.2 Å². The molecule has 4 aromatic rings. The number of benzene rings is 1. The second kappa shape index (κ2) is 9.25. The summed E-state index contributed by atoms with van der Waals surface area (Å²) in [6, 6.07) is 7.94. The number of amides is 1. The lowest BCUT2D eigenvalue weighted by Crippen LogP contribution is -2.16. The van der Waals surface area contributed by atoms with Crippen molar-refractivity contribution in [3.8, 4) is 11.1 Å². The maximum absolute atomic E-state index is 14.1. The van der Waals surface area contributed by atoms with E-state index in [9.17, 15) is 13.6 Å². The zero-order valence-electron chi connectivity index (χ0n) is 17.5. The molecule has 2 N–H and O–H groups in total. The number of nitrogens with zero attached hydrogens (tertiary/aromatic N) is 4. The van der Waals surface area contributed by atoms with Crippen molar-refractivity contribution in [3.63, 3.8) is 0 Å². The van der Waals surface area contributed by atoms with E-state index in [1.807, 2.05) is 0 Å². The standard InChI is InChI=1S/C23H17ClF2N6O/c1-12-19(14-5-8-27-9-6-14)22(30-18-7-10-28-13(2)29-18)32-21(24)20(12)31-23(33)16-4-3-15(25)11-17(16)26/h3-11H,1-2H3,(H,31,33)(H,28,29,30,32). The van der Waals surface area contributed by atoms with Gasteiger partial charge in [0.2, 0.25) is 0 Å². The number of hydrogen-bond acceptors (Lipinski definition) is 6. The molecular formula is C23H17ClF2N6O. The van der Waals surface area contributed by atoms with E-state index < -0.39 is 17.5 Å². The van der Waals surface area contributed by atoms with E-state index in [0.29, 0.717) is 34.7 Å². The molecule has 0 atom stereocenters. The molecular weight excluding hydrogens is 450 g/mol. The van der Waals surface area contributed by atoms with Crippen LogP contribution in [0.4, 0.5) is 26.1 Å². The van der Waals surface area contributed by atoms with Crippen molar-refractivity contribution < 1.29 is 13.6 Å². The fraction of sp³-hybridized carbons (Fsp3) is 0.0870. The molecule has 0 fully saturated rings. The van der Waals surface area contributed by atoms with E-state index in [4.69, 9.17) is 11.6 Å². The Morgan fingerprint density at radius 2 is 1.76 bits per heavy atom. The minimum atomic E-state index is -0.985. The van der Waals surface area contributed by atoms with Gasteiger partial charge in [0.05, 0.1) is 11.3 Å². The number of aryl methyl sites for hydroxylation is 1. The van der Waals surface area contributed by atoms with Gasteiger partial charge in [0.15, 0.2) is 5.15 Å². The number of anilines is 3. The van der Waals surface area contributed by atoms with Crippen molar-refractivity contribution in [2.24, 2.45) is 0 Å². The minimum Gasteiger partial charge on any atom is -0.324 e. The number of nitrogens with one attached hydrogen (secondary N) is 2. The smallest absolute Gasteiger partial charge is 0.258 e. The fourth-order valence-electron chi connectivity index (χ4n) is 3.28. The first-order valence-electron chi connectivity index (χ1n) is 9.77. The third kappa shape index (κ3) is 4.78. The molecule has 0 saturated heterocycles. The zero-order valence-corrected chi connectivity index (χ0v) is 18.3. The molecule has 3 aromatic heterocycles. The normalized spacial score (nSPS) is 10.7. The number of rotatable bonds is 5. The molecule has 0 bridgehead atoms. The van der Waals surface area contributed by atoms with E-state index in [0.717, 1.165) is 17.7 Å². The molecule has 0 unspecified atom stereocenters. The van der Waals surface area contributed by atoms with Gasteiger partial charge in [-0.25, -0.2) is 23.7 Å². The fourth-order valence-corrected chi connectivity index (χ4v) is 3.55. The summed E-state index contributed by atoms with van der Waals surface area (Å²) in [6.45, 7) is 3.50. The monoisotopic (exact) mass is 466 g/mol. The lowest BCUT2D eigenvalue weighted by atomic mass is 10.0. The molecule has 7 nitrogen and oxygen atoms in total. The Morgan fingerprint density at radius 1 is 1.00 bits per heavy atom. The van der Waals surface area contributed by atoms with Crippen LogP contribution < -0.4 is 10.6 Å². The Balaban J connectivity index is 1.80. The Morgan fingerprint density at radius 3 is 2.45 bits per heavy atom. The third-order valence-electron chi connectivity index (χ3n) is 4.81. The Kier molecular flexibility index (Phi) is 6.23. The van der Waals surface area contributed by atoms with Crippen LogP contribution in [0.25, 0.3) is 11.1 Å². The summed E-state index contributed by atoms with van der Waals surface area (Å²) in [6.07, 6.45) is 4.85. The third-order valence-corrected chi connectivity index (χ3v) is 5.08. The number of carbonyl (C=O) groups excluding carboxylic acids is 1. The van der Waals surface area contributed by atoms with Crippen molar-refractivity contribution in [3.05, 3.63) is 88.7 Å².